The van der Waals surface area contributed by atoms with Gasteiger partial charge in [0.25, 0.3) is 0 Å². The van der Waals surface area contributed by atoms with Crippen molar-refractivity contribution < 1.29 is 9.90 Å². The van der Waals surface area contributed by atoms with E-state index in [2.05, 4.69) is 69.5 Å². The minimum atomic E-state index is -0.406. The fourth-order valence-electron chi connectivity index (χ4n) is 6.19. The Hall–Kier alpha value is -3.96. The Labute approximate surface area is 223 Å². The topological polar surface area (TPSA) is 67.2 Å². The molecule has 38 heavy (non-hydrogen) atoms. The van der Waals surface area contributed by atoms with Gasteiger partial charge in [0.05, 0.1) is 24.1 Å². The number of amides is 1. The van der Waals surface area contributed by atoms with Crippen LogP contribution < -0.4 is 5.32 Å². The van der Waals surface area contributed by atoms with E-state index in [1.54, 1.807) is 0 Å². The van der Waals surface area contributed by atoms with Crippen LogP contribution in [0.1, 0.15) is 54.3 Å². The van der Waals surface area contributed by atoms with Gasteiger partial charge in [-0.1, -0.05) is 85.6 Å². The van der Waals surface area contributed by atoms with Gasteiger partial charge >= 0.3 is 0 Å². The number of rotatable bonds is 8. The van der Waals surface area contributed by atoms with Crippen molar-refractivity contribution in [3.05, 3.63) is 114 Å². The molecule has 0 saturated heterocycles. The number of carbonyl (C=O) groups excluding carboxylic acids is 1. The van der Waals surface area contributed by atoms with Gasteiger partial charge in [-0.3, -0.25) is 9.78 Å². The van der Waals surface area contributed by atoms with Crippen molar-refractivity contribution >= 4 is 27.7 Å². The number of aliphatic hydroxyl groups excluding tert-OH is 1. The fourth-order valence-corrected chi connectivity index (χ4v) is 6.19. The van der Waals surface area contributed by atoms with Crippen LogP contribution in [0.3, 0.4) is 0 Å². The smallest absolute Gasteiger partial charge is 0.228 e. The fraction of sp³-hybridized carbons (Fsp3) is 0.273. The van der Waals surface area contributed by atoms with Gasteiger partial charge in [0, 0.05) is 35.2 Å². The molecule has 5 nitrogen and oxygen atoms in total. The van der Waals surface area contributed by atoms with Crippen LogP contribution in [-0.4, -0.2) is 27.2 Å². The number of hydrogen-bond donors (Lipinski definition) is 2. The third-order valence-electron chi connectivity index (χ3n) is 8.11. The molecule has 2 atom stereocenters. The molecule has 6 rings (SSSR count). The summed E-state index contributed by atoms with van der Waals surface area (Å²) in [5.74, 6) is 0.104. The van der Waals surface area contributed by atoms with Crippen LogP contribution in [0.25, 0.3) is 21.8 Å². The highest BCUT2D eigenvalue weighted by atomic mass is 16.3. The van der Waals surface area contributed by atoms with Crippen LogP contribution in [-0.2, 0) is 11.3 Å². The summed E-state index contributed by atoms with van der Waals surface area (Å²) >= 11 is 0. The van der Waals surface area contributed by atoms with Gasteiger partial charge in [-0.05, 0) is 47.6 Å². The summed E-state index contributed by atoms with van der Waals surface area (Å²) in [6, 6.07) is 28.4. The van der Waals surface area contributed by atoms with E-state index in [1.807, 2.05) is 42.7 Å². The molecule has 1 unspecified atom stereocenters. The number of aliphatic hydroxyl groups is 1. The zero-order valence-electron chi connectivity index (χ0n) is 21.5. The normalized spacial score (nSPS) is 15.6. The largest absolute Gasteiger partial charge is 0.394 e. The second-order valence-corrected chi connectivity index (χ2v) is 10.4. The standard InChI is InChI=1S/C33H33N3O2/c37-22-29(24-8-2-1-3-9-24)35-33(38)32(25-10-4-5-11-25)26-16-14-23(15-17-26)21-36-30-13-7-6-12-27(30)28-20-34-19-18-31(28)36/h1-3,6-9,12-20,25,29,32,37H,4-5,10-11,21-22H2,(H,35,38)/t29-,32?/m0/s1. The molecule has 1 amide bonds. The lowest BCUT2D eigenvalue weighted by Crippen LogP contribution is -2.37. The van der Waals surface area contributed by atoms with Crippen LogP contribution in [0.2, 0.25) is 0 Å². The van der Waals surface area contributed by atoms with Gasteiger partial charge in [0.15, 0.2) is 0 Å². The third-order valence-corrected chi connectivity index (χ3v) is 8.11. The molecule has 192 valence electrons. The summed E-state index contributed by atoms with van der Waals surface area (Å²) in [4.78, 5) is 18.0. The summed E-state index contributed by atoms with van der Waals surface area (Å²) in [7, 11) is 0. The lowest BCUT2D eigenvalue weighted by atomic mass is 9.83. The summed E-state index contributed by atoms with van der Waals surface area (Å²) in [6.45, 7) is 0.621. The SMILES string of the molecule is O=C(N[C@@H](CO)c1ccccc1)C(c1ccc(Cn2c3ccccc3c3cnccc32)cc1)C1CCCC1. The van der Waals surface area contributed by atoms with Crippen LogP contribution in [0, 0.1) is 5.92 Å². The van der Waals surface area contributed by atoms with E-state index in [4.69, 9.17) is 0 Å². The van der Waals surface area contributed by atoms with Crippen molar-refractivity contribution in [2.75, 3.05) is 6.61 Å². The number of aromatic nitrogens is 2. The molecule has 1 fully saturated rings. The number of nitrogens with zero attached hydrogens (tertiary/aromatic N) is 2. The van der Waals surface area contributed by atoms with Crippen LogP contribution >= 0.6 is 0 Å². The summed E-state index contributed by atoms with van der Waals surface area (Å²) in [5.41, 5.74) is 5.53. The predicted molar refractivity (Wildman–Crippen MR) is 152 cm³/mol. The zero-order valence-corrected chi connectivity index (χ0v) is 21.5. The molecule has 1 saturated carbocycles. The molecular formula is C33H33N3O2. The molecule has 1 aliphatic rings. The molecule has 0 bridgehead atoms. The van der Waals surface area contributed by atoms with Crippen molar-refractivity contribution in [3.8, 4) is 0 Å². The van der Waals surface area contributed by atoms with Crippen LogP contribution in [0.5, 0.6) is 0 Å². The second kappa shape index (κ2) is 10.8. The van der Waals surface area contributed by atoms with E-state index >= 15 is 0 Å². The maximum Gasteiger partial charge on any atom is 0.228 e. The van der Waals surface area contributed by atoms with Crippen molar-refractivity contribution in [2.45, 2.75) is 44.2 Å². The van der Waals surface area contributed by atoms with E-state index in [-0.39, 0.29) is 18.4 Å². The van der Waals surface area contributed by atoms with E-state index < -0.39 is 6.04 Å². The van der Waals surface area contributed by atoms with Gasteiger partial charge in [-0.25, -0.2) is 0 Å². The lowest BCUT2D eigenvalue weighted by Gasteiger charge is -2.26. The molecular weight excluding hydrogens is 470 g/mol. The van der Waals surface area contributed by atoms with E-state index in [9.17, 15) is 9.90 Å². The molecule has 2 aromatic heterocycles. The van der Waals surface area contributed by atoms with E-state index in [0.29, 0.717) is 5.92 Å². The van der Waals surface area contributed by atoms with E-state index in [0.717, 1.165) is 48.7 Å². The first-order valence-electron chi connectivity index (χ1n) is 13.6. The van der Waals surface area contributed by atoms with E-state index in [1.165, 1.54) is 22.0 Å². The number of carbonyl (C=O) groups is 1. The maximum atomic E-state index is 13.7. The Morgan fingerprint density at radius 2 is 1.58 bits per heavy atom. The first-order valence-corrected chi connectivity index (χ1v) is 13.6. The van der Waals surface area contributed by atoms with Crippen molar-refractivity contribution in [1.82, 2.24) is 14.9 Å². The molecule has 5 heteroatoms. The lowest BCUT2D eigenvalue weighted by molar-refractivity contribution is -0.124. The number of benzene rings is 3. The maximum absolute atomic E-state index is 13.7. The number of nitrogens with one attached hydrogen (secondary N) is 1. The average molecular weight is 504 g/mol. The molecule has 2 heterocycles. The number of para-hydroxylation sites is 1. The molecule has 0 spiro atoms. The summed E-state index contributed by atoms with van der Waals surface area (Å²) in [5, 5.41) is 15.6. The average Bonchev–Trinajstić information content (AvgIpc) is 3.61. The second-order valence-electron chi connectivity index (χ2n) is 10.4. The highest BCUT2D eigenvalue weighted by Gasteiger charge is 2.33. The summed E-state index contributed by atoms with van der Waals surface area (Å²) in [6.07, 6.45) is 8.24. The molecule has 2 N–H and O–H groups in total. The van der Waals surface area contributed by atoms with Gasteiger partial charge in [-0.2, -0.15) is 0 Å². The van der Waals surface area contributed by atoms with Crippen molar-refractivity contribution in [3.63, 3.8) is 0 Å². The minimum Gasteiger partial charge on any atom is -0.394 e. The Balaban J connectivity index is 1.28. The third kappa shape index (κ3) is 4.70. The van der Waals surface area contributed by atoms with Gasteiger partial charge < -0.3 is 15.0 Å². The number of fused-ring (bicyclic) bond motifs is 3. The Kier molecular flexibility index (Phi) is 6.93. The molecule has 5 aromatic rings. The quantitative estimate of drug-likeness (QED) is 0.259. The highest BCUT2D eigenvalue weighted by Crippen LogP contribution is 2.38. The molecule has 0 radical (unpaired) electrons. The van der Waals surface area contributed by atoms with Gasteiger partial charge in [-0.15, -0.1) is 0 Å². The molecule has 0 aliphatic heterocycles. The Morgan fingerprint density at radius 1 is 0.868 bits per heavy atom. The highest BCUT2D eigenvalue weighted by molar-refractivity contribution is 6.07. The first-order chi connectivity index (χ1) is 18.7. The van der Waals surface area contributed by atoms with Gasteiger partial charge in [0.1, 0.15) is 0 Å². The first kappa shape index (κ1) is 24.4. The molecule has 1 aliphatic carbocycles. The van der Waals surface area contributed by atoms with Gasteiger partial charge in [0.2, 0.25) is 5.91 Å². The van der Waals surface area contributed by atoms with Crippen LogP contribution in [0.4, 0.5) is 0 Å². The Morgan fingerprint density at radius 3 is 2.34 bits per heavy atom. The van der Waals surface area contributed by atoms with Crippen LogP contribution in [0.15, 0.2) is 97.3 Å². The summed E-state index contributed by atoms with van der Waals surface area (Å²) < 4.78 is 2.34. The predicted octanol–water partition coefficient (Wildman–Crippen LogP) is 6.36. The minimum absolute atomic E-state index is 0.00227. The van der Waals surface area contributed by atoms with Crippen molar-refractivity contribution in [1.29, 1.82) is 0 Å². The van der Waals surface area contributed by atoms with Crippen molar-refractivity contribution in [2.24, 2.45) is 5.92 Å². The monoisotopic (exact) mass is 503 g/mol. The zero-order chi connectivity index (χ0) is 25.9. The number of pyridine rings is 1. The number of hydrogen-bond acceptors (Lipinski definition) is 3. The Bertz CT molecular complexity index is 1480. The molecule has 3 aromatic carbocycles.